The number of amides is 1. The minimum absolute atomic E-state index is 0.00956. The molecule has 12 nitrogen and oxygen atoms in total. The van der Waals surface area contributed by atoms with Crippen molar-refractivity contribution in [3.05, 3.63) is 23.3 Å². The predicted octanol–water partition coefficient (Wildman–Crippen LogP) is 4.85. The number of nitrogens with zero attached hydrogens (tertiary/aromatic N) is 1. The van der Waals surface area contributed by atoms with Gasteiger partial charge >= 0.3 is 11.8 Å². The van der Waals surface area contributed by atoms with E-state index < -0.39 is 77.8 Å². The SMILES string of the molecule is CC[C@@H]1C=C(C)C[C@H](C)C[C@H](OC)[C@@H]2CC[C@@H](C)C(=O)[C@@](O)(O2)C(=O)N2CCCC[C@H]2C(=O)O[C@H](/C(C)=C/[C@@H]2CC[C@@H](O)[C@H](OC)C2)[C@H](C)[C@@H](O)CC1=O. The molecule has 1 amide bonds. The van der Waals surface area contributed by atoms with Crippen LogP contribution < -0.4 is 0 Å². The van der Waals surface area contributed by atoms with Crippen LogP contribution in [0.1, 0.15) is 119 Å². The number of fused-ring (bicyclic) bond motifs is 3. The number of hydrogen-bond donors (Lipinski definition) is 3. The van der Waals surface area contributed by atoms with Gasteiger partial charge in [-0.1, -0.05) is 45.4 Å². The molecule has 3 heterocycles. The highest BCUT2D eigenvalue weighted by molar-refractivity contribution is 6.09. The highest BCUT2D eigenvalue weighted by atomic mass is 16.7. The molecule has 306 valence electrons. The van der Waals surface area contributed by atoms with E-state index in [1.54, 1.807) is 28.1 Å². The number of ketones is 2. The number of aliphatic hydroxyl groups is 3. The lowest BCUT2D eigenvalue weighted by Gasteiger charge is -2.41. The molecule has 3 N–H and O–H groups in total. The maximum absolute atomic E-state index is 14.5. The molecule has 3 aliphatic heterocycles. The Kier molecular flexibility index (Phi) is 16.0. The third kappa shape index (κ3) is 10.5. The molecule has 0 unspecified atom stereocenters. The molecule has 2 saturated heterocycles. The molecule has 54 heavy (non-hydrogen) atoms. The second-order valence-electron chi connectivity index (χ2n) is 16.8. The van der Waals surface area contributed by atoms with Gasteiger partial charge in [0.15, 0.2) is 0 Å². The summed E-state index contributed by atoms with van der Waals surface area (Å²) in [4.78, 5) is 57.6. The van der Waals surface area contributed by atoms with E-state index in [2.05, 4.69) is 6.92 Å². The Bertz CT molecular complexity index is 1380. The Hall–Kier alpha value is -2.48. The molecule has 3 fully saturated rings. The van der Waals surface area contributed by atoms with E-state index in [1.807, 2.05) is 32.9 Å². The first-order chi connectivity index (χ1) is 25.5. The highest BCUT2D eigenvalue weighted by Crippen LogP contribution is 2.36. The summed E-state index contributed by atoms with van der Waals surface area (Å²) in [5.41, 5.74) is 1.69. The van der Waals surface area contributed by atoms with Gasteiger partial charge in [0.1, 0.15) is 17.9 Å². The highest BCUT2D eigenvalue weighted by Gasteiger charge is 2.55. The summed E-state index contributed by atoms with van der Waals surface area (Å²) in [6.07, 6.45) is 5.23. The number of Topliss-reactive ketones (excluding diaryl/α,β-unsaturated/α-hetero) is 2. The fourth-order valence-electron chi connectivity index (χ4n) is 9.11. The van der Waals surface area contributed by atoms with Crippen molar-refractivity contribution < 1.29 is 53.4 Å². The summed E-state index contributed by atoms with van der Waals surface area (Å²) in [7, 11) is 3.12. The molecule has 2 bridgehead atoms. The monoisotopic (exact) mass is 761 g/mol. The minimum Gasteiger partial charge on any atom is -0.456 e. The zero-order valence-electron chi connectivity index (χ0n) is 33.8. The summed E-state index contributed by atoms with van der Waals surface area (Å²) in [6, 6.07) is -1.12. The number of aliphatic hydroxyl groups excluding tert-OH is 2. The maximum Gasteiger partial charge on any atom is 0.329 e. The third-order valence-electron chi connectivity index (χ3n) is 12.5. The van der Waals surface area contributed by atoms with Gasteiger partial charge in [-0.2, -0.15) is 0 Å². The molecule has 0 aromatic heterocycles. The normalized spacial score (nSPS) is 40.3. The Balaban J connectivity index is 1.78. The van der Waals surface area contributed by atoms with Crippen molar-refractivity contribution >= 4 is 23.4 Å². The molecule has 1 saturated carbocycles. The van der Waals surface area contributed by atoms with Gasteiger partial charge in [-0.3, -0.25) is 14.4 Å². The van der Waals surface area contributed by atoms with Crippen molar-refractivity contribution in [1.82, 2.24) is 4.90 Å². The van der Waals surface area contributed by atoms with Crippen LogP contribution in [0.25, 0.3) is 0 Å². The molecule has 0 spiro atoms. The van der Waals surface area contributed by atoms with Crippen LogP contribution in [0, 0.1) is 29.6 Å². The predicted molar refractivity (Wildman–Crippen MR) is 202 cm³/mol. The molecular weight excluding hydrogens is 694 g/mol. The van der Waals surface area contributed by atoms with Crippen molar-refractivity contribution in [3.8, 4) is 0 Å². The number of carbonyl (C=O) groups excluding carboxylic acids is 4. The van der Waals surface area contributed by atoms with E-state index in [0.717, 1.165) is 5.57 Å². The number of allylic oxidation sites excluding steroid dienone is 3. The lowest BCUT2D eigenvalue weighted by Crippen LogP contribution is -2.62. The third-order valence-corrected chi connectivity index (χ3v) is 12.5. The van der Waals surface area contributed by atoms with Gasteiger partial charge in [-0.15, -0.1) is 0 Å². The van der Waals surface area contributed by atoms with E-state index in [9.17, 15) is 34.5 Å². The summed E-state index contributed by atoms with van der Waals surface area (Å²) in [6.45, 7) is 11.4. The van der Waals surface area contributed by atoms with E-state index in [4.69, 9.17) is 18.9 Å². The van der Waals surface area contributed by atoms with Gasteiger partial charge in [0.2, 0.25) is 5.78 Å². The van der Waals surface area contributed by atoms with Crippen molar-refractivity contribution in [1.29, 1.82) is 0 Å². The fourth-order valence-corrected chi connectivity index (χ4v) is 9.11. The lowest BCUT2D eigenvalue weighted by molar-refractivity contribution is -0.240. The van der Waals surface area contributed by atoms with E-state index in [1.165, 1.54) is 4.90 Å². The second kappa shape index (κ2) is 19.6. The number of methoxy groups -OCH3 is 2. The molecular formula is C42H67NO11. The van der Waals surface area contributed by atoms with E-state index in [0.29, 0.717) is 69.8 Å². The fraction of sp³-hybridized carbons (Fsp3) is 0.810. The first kappa shape index (κ1) is 44.2. The first-order valence-corrected chi connectivity index (χ1v) is 20.3. The standard InChI is InChI=1S/C42H67NO11/c1-9-30-19-24(2)18-25(3)20-37(52-8)35-16-13-26(4)39(47)42(50,54-35)41(49)43-17-11-10-12-31(43)40(48)53-38(28(6)33(45)23-34(30)46)27(5)21-29-14-15-32(44)36(22-29)51-7/h19,21,25-26,28-33,35-38,44-45,50H,9-18,20,22-23H2,1-8H3/b24-19?,27-21+/t25-,26+,28+,29-,30+,31-,32+,33-,35-,36+,37-,38+,42+/m0/s1. The second-order valence-corrected chi connectivity index (χ2v) is 16.8. The summed E-state index contributed by atoms with van der Waals surface area (Å²) < 4.78 is 23.9. The Morgan fingerprint density at radius 2 is 1.65 bits per heavy atom. The van der Waals surface area contributed by atoms with Crippen LogP contribution in [0.15, 0.2) is 23.3 Å². The topological polar surface area (TPSA) is 169 Å². The van der Waals surface area contributed by atoms with Crippen LogP contribution >= 0.6 is 0 Å². The molecule has 4 aliphatic rings. The average Bonchev–Trinajstić information content (AvgIpc) is 3.26. The van der Waals surface area contributed by atoms with Crippen molar-refractivity contribution in [3.63, 3.8) is 0 Å². The van der Waals surface area contributed by atoms with Crippen LogP contribution in [-0.4, -0.2) is 113 Å². The lowest BCUT2D eigenvalue weighted by atomic mass is 9.81. The van der Waals surface area contributed by atoms with Gasteiger partial charge in [0.25, 0.3) is 5.91 Å². The number of carbonyl (C=O) groups is 4. The summed E-state index contributed by atoms with van der Waals surface area (Å²) >= 11 is 0. The van der Waals surface area contributed by atoms with Gasteiger partial charge in [0.05, 0.1) is 30.5 Å². The molecule has 13 atom stereocenters. The van der Waals surface area contributed by atoms with Crippen molar-refractivity contribution in [2.75, 3.05) is 20.8 Å². The Labute approximate surface area is 322 Å². The quantitative estimate of drug-likeness (QED) is 0.199. The molecule has 0 aromatic carbocycles. The smallest absolute Gasteiger partial charge is 0.329 e. The first-order valence-electron chi connectivity index (χ1n) is 20.3. The number of rotatable bonds is 5. The minimum atomic E-state index is -2.82. The largest absolute Gasteiger partial charge is 0.456 e. The Morgan fingerprint density at radius 3 is 2.31 bits per heavy atom. The average molecular weight is 762 g/mol. The molecule has 12 heteroatoms. The van der Waals surface area contributed by atoms with E-state index in [-0.39, 0.29) is 43.1 Å². The van der Waals surface area contributed by atoms with Crippen LogP contribution in [0.3, 0.4) is 0 Å². The van der Waals surface area contributed by atoms with Crippen LogP contribution in [0.4, 0.5) is 0 Å². The number of cyclic esters (lactones) is 1. The number of esters is 1. The molecule has 0 radical (unpaired) electrons. The van der Waals surface area contributed by atoms with Crippen LogP contribution in [-0.2, 0) is 38.1 Å². The van der Waals surface area contributed by atoms with Crippen molar-refractivity contribution in [2.45, 2.75) is 167 Å². The summed E-state index contributed by atoms with van der Waals surface area (Å²) in [5.74, 6) is -7.07. The van der Waals surface area contributed by atoms with Crippen LogP contribution in [0.5, 0.6) is 0 Å². The van der Waals surface area contributed by atoms with Crippen molar-refractivity contribution in [2.24, 2.45) is 29.6 Å². The molecule has 0 aromatic rings. The van der Waals surface area contributed by atoms with Gasteiger partial charge < -0.3 is 39.2 Å². The number of hydrogen-bond acceptors (Lipinski definition) is 11. The molecule has 4 rings (SSSR count). The Morgan fingerprint density at radius 1 is 0.944 bits per heavy atom. The maximum atomic E-state index is 14.5. The van der Waals surface area contributed by atoms with E-state index >= 15 is 0 Å². The summed E-state index contributed by atoms with van der Waals surface area (Å²) in [5, 5.41) is 34.1. The number of ether oxygens (including phenoxy) is 4. The van der Waals surface area contributed by atoms with Gasteiger partial charge in [-0.25, -0.2) is 4.79 Å². The van der Waals surface area contributed by atoms with Crippen LogP contribution in [0.2, 0.25) is 0 Å². The zero-order chi connectivity index (χ0) is 39.9. The number of piperidine rings is 1. The van der Waals surface area contributed by atoms with Gasteiger partial charge in [-0.05, 0) is 102 Å². The molecule has 1 aliphatic carbocycles. The van der Waals surface area contributed by atoms with Gasteiger partial charge in [0, 0.05) is 44.9 Å². The zero-order valence-corrected chi connectivity index (χ0v) is 33.8.